The number of ketones is 1. The molecule has 0 aromatic carbocycles. The highest BCUT2D eigenvalue weighted by molar-refractivity contribution is 6.29. The molecule has 6 heteroatoms. The number of rotatable bonds is 2. The Morgan fingerprint density at radius 1 is 1.44 bits per heavy atom. The van der Waals surface area contributed by atoms with Gasteiger partial charge in [0.15, 0.2) is 0 Å². The highest BCUT2D eigenvalue weighted by Gasteiger charge is 2.47. The fraction of sp³-hybridized carbons (Fsp3) is 0.750. The molecule has 1 amide bonds. The van der Waals surface area contributed by atoms with E-state index in [1.165, 1.54) is 4.90 Å². The van der Waals surface area contributed by atoms with Gasteiger partial charge in [0, 0.05) is 6.54 Å². The summed E-state index contributed by atoms with van der Waals surface area (Å²) in [5.41, 5.74) is 6.86. The summed E-state index contributed by atoms with van der Waals surface area (Å²) in [4.78, 5) is 28.1. The van der Waals surface area contributed by atoms with Crippen LogP contribution in [0.5, 0.6) is 0 Å². The smallest absolute Gasteiger partial charge is 0.411 e. The molecule has 18 heavy (non-hydrogen) atoms. The molecule has 0 aromatic heterocycles. The Kier molecular flexibility index (Phi) is 3.92. The quantitative estimate of drug-likeness (QED) is 0.426. The minimum absolute atomic E-state index is 0.395. The summed E-state index contributed by atoms with van der Waals surface area (Å²) >= 11 is 0. The molecule has 1 rings (SSSR count). The van der Waals surface area contributed by atoms with Crippen molar-refractivity contribution in [3.8, 4) is 0 Å². The van der Waals surface area contributed by atoms with Crippen molar-refractivity contribution in [2.75, 3.05) is 6.54 Å². The summed E-state index contributed by atoms with van der Waals surface area (Å²) in [6.45, 7) is 7.45. The second-order valence-corrected chi connectivity index (χ2v) is 5.62. The molecule has 1 atom stereocenters. The Balaban J connectivity index is 2.91. The predicted molar refractivity (Wildman–Crippen MR) is 65.3 cm³/mol. The van der Waals surface area contributed by atoms with Crippen LogP contribution in [-0.4, -0.2) is 45.5 Å². The van der Waals surface area contributed by atoms with Gasteiger partial charge in [-0.2, -0.15) is 4.79 Å². The summed E-state index contributed by atoms with van der Waals surface area (Å²) in [7, 11) is 0. The normalized spacial score (nSPS) is 23.4. The summed E-state index contributed by atoms with van der Waals surface area (Å²) in [6, 6.07) is 0. The van der Waals surface area contributed by atoms with Gasteiger partial charge in [0.1, 0.15) is 11.1 Å². The van der Waals surface area contributed by atoms with Crippen LogP contribution in [0.2, 0.25) is 0 Å². The van der Waals surface area contributed by atoms with Crippen LogP contribution in [0.15, 0.2) is 0 Å². The van der Waals surface area contributed by atoms with E-state index in [0.29, 0.717) is 13.0 Å². The zero-order valence-corrected chi connectivity index (χ0v) is 11.3. The number of hydrogen-bond donors (Lipinski definition) is 0. The third-order valence-electron chi connectivity index (χ3n) is 2.96. The maximum absolute atomic E-state index is 12.0. The maximum Gasteiger partial charge on any atom is 0.411 e. The van der Waals surface area contributed by atoms with E-state index in [1.807, 2.05) is 0 Å². The molecule has 0 N–H and O–H groups in total. The second kappa shape index (κ2) is 4.90. The van der Waals surface area contributed by atoms with Gasteiger partial charge in [0.05, 0.1) is 0 Å². The molecule has 0 aliphatic carbocycles. The van der Waals surface area contributed by atoms with E-state index in [9.17, 15) is 9.59 Å². The molecular weight excluding hydrogens is 234 g/mol. The highest BCUT2D eigenvalue weighted by atomic mass is 16.6. The standard InChI is InChI=1S/C12H19N3O3/c1-11(2,3)18-10(17)15-7-5-6-12(15,4)9(16)8-14-13/h8H,5-7H2,1-4H3. The van der Waals surface area contributed by atoms with Crippen molar-refractivity contribution < 1.29 is 19.1 Å². The molecule has 0 saturated carbocycles. The number of carbonyl (C=O) groups is 2. The van der Waals surface area contributed by atoms with Crippen LogP contribution in [0.1, 0.15) is 40.5 Å². The van der Waals surface area contributed by atoms with Crippen LogP contribution in [0.3, 0.4) is 0 Å². The summed E-state index contributed by atoms with van der Waals surface area (Å²) in [5, 5.41) is 0. The van der Waals surface area contributed by atoms with Crippen molar-refractivity contribution in [2.45, 2.75) is 51.7 Å². The molecule has 0 bridgehead atoms. The lowest BCUT2D eigenvalue weighted by atomic mass is 9.94. The molecule has 100 valence electrons. The first-order valence-corrected chi connectivity index (χ1v) is 5.93. The van der Waals surface area contributed by atoms with Gasteiger partial charge in [-0.15, -0.1) is 0 Å². The van der Waals surface area contributed by atoms with E-state index in [2.05, 4.69) is 4.79 Å². The minimum Gasteiger partial charge on any atom is -0.444 e. The van der Waals surface area contributed by atoms with E-state index in [0.717, 1.165) is 12.6 Å². The Bertz CT molecular complexity index is 407. The third kappa shape index (κ3) is 2.96. The third-order valence-corrected chi connectivity index (χ3v) is 2.96. The lowest BCUT2D eigenvalue weighted by molar-refractivity contribution is -0.125. The monoisotopic (exact) mass is 253 g/mol. The molecule has 1 unspecified atom stereocenters. The first-order valence-electron chi connectivity index (χ1n) is 5.93. The molecule has 0 spiro atoms. The molecule has 1 saturated heterocycles. The van der Waals surface area contributed by atoms with Gasteiger partial charge in [-0.05, 0) is 40.5 Å². The van der Waals surface area contributed by atoms with Crippen molar-refractivity contribution in [2.24, 2.45) is 0 Å². The van der Waals surface area contributed by atoms with Gasteiger partial charge in [-0.3, -0.25) is 9.69 Å². The Morgan fingerprint density at radius 2 is 2.06 bits per heavy atom. The van der Waals surface area contributed by atoms with E-state index in [-0.39, 0.29) is 0 Å². The second-order valence-electron chi connectivity index (χ2n) is 5.62. The van der Waals surface area contributed by atoms with Gasteiger partial charge in [0.2, 0.25) is 0 Å². The molecular formula is C12H19N3O3. The lowest BCUT2D eigenvalue weighted by Gasteiger charge is -2.33. The molecule has 0 radical (unpaired) electrons. The zero-order chi connectivity index (χ0) is 14.0. The van der Waals surface area contributed by atoms with Crippen molar-refractivity contribution >= 4 is 18.1 Å². The average Bonchev–Trinajstić information content (AvgIpc) is 2.59. The van der Waals surface area contributed by atoms with Gasteiger partial charge in [-0.1, -0.05) is 0 Å². The number of Topliss-reactive ketones (excluding diaryl/α,β-unsaturated/α-hetero) is 1. The number of carbonyl (C=O) groups excluding carboxylic acids is 2. The topological polar surface area (TPSA) is 83.0 Å². The summed E-state index contributed by atoms with van der Waals surface area (Å²) in [6.07, 6.45) is 1.59. The van der Waals surface area contributed by atoms with Crippen molar-refractivity contribution in [1.29, 1.82) is 0 Å². The fourth-order valence-electron chi connectivity index (χ4n) is 2.02. The molecule has 6 nitrogen and oxygen atoms in total. The van der Waals surface area contributed by atoms with Crippen LogP contribution in [0.4, 0.5) is 4.79 Å². The van der Waals surface area contributed by atoms with Crippen molar-refractivity contribution in [3.05, 3.63) is 5.53 Å². The van der Waals surface area contributed by atoms with Gasteiger partial charge in [-0.25, -0.2) is 4.79 Å². The summed E-state index contributed by atoms with van der Waals surface area (Å²) < 4.78 is 5.27. The van der Waals surface area contributed by atoms with E-state index < -0.39 is 23.0 Å². The predicted octanol–water partition coefficient (Wildman–Crippen LogP) is 1.65. The number of nitrogens with zero attached hydrogens (tertiary/aromatic N) is 3. The van der Waals surface area contributed by atoms with Crippen molar-refractivity contribution in [3.63, 3.8) is 0 Å². The summed E-state index contributed by atoms with van der Waals surface area (Å²) in [5.74, 6) is -0.395. The van der Waals surface area contributed by atoms with Crippen LogP contribution < -0.4 is 0 Å². The van der Waals surface area contributed by atoms with Crippen LogP contribution in [-0.2, 0) is 9.53 Å². The molecule has 0 aromatic rings. The van der Waals surface area contributed by atoms with E-state index in [4.69, 9.17) is 10.3 Å². The van der Waals surface area contributed by atoms with Crippen LogP contribution in [0, 0.1) is 0 Å². The molecule has 1 aliphatic rings. The number of ether oxygens (including phenoxy) is 1. The SMILES string of the molecule is CC(C)(C)OC(=O)N1CCCC1(C)C(=O)C=[N+]=[N-]. The molecule has 1 heterocycles. The van der Waals surface area contributed by atoms with E-state index in [1.54, 1.807) is 27.7 Å². The number of hydrogen-bond acceptors (Lipinski definition) is 3. The van der Waals surface area contributed by atoms with Gasteiger partial charge in [0.25, 0.3) is 5.78 Å². The van der Waals surface area contributed by atoms with Crippen LogP contribution >= 0.6 is 0 Å². The zero-order valence-electron chi connectivity index (χ0n) is 11.3. The maximum atomic E-state index is 12.0. The fourth-order valence-corrected chi connectivity index (χ4v) is 2.02. The number of likely N-dealkylation sites (tertiary alicyclic amines) is 1. The lowest BCUT2D eigenvalue weighted by Crippen LogP contribution is -2.52. The molecule has 1 fully saturated rings. The highest BCUT2D eigenvalue weighted by Crippen LogP contribution is 2.30. The first-order chi connectivity index (χ1) is 8.20. The average molecular weight is 253 g/mol. The van der Waals surface area contributed by atoms with Crippen molar-refractivity contribution in [1.82, 2.24) is 4.90 Å². The van der Waals surface area contributed by atoms with Gasteiger partial charge < -0.3 is 10.3 Å². The Hall–Kier alpha value is -1.68. The number of amides is 1. The minimum atomic E-state index is -0.978. The first kappa shape index (κ1) is 14.4. The molecule has 1 aliphatic heterocycles. The Labute approximate surface area is 107 Å². The van der Waals surface area contributed by atoms with Gasteiger partial charge >= 0.3 is 12.3 Å². The van der Waals surface area contributed by atoms with E-state index >= 15 is 0 Å². The largest absolute Gasteiger partial charge is 0.444 e. The Morgan fingerprint density at radius 3 is 2.56 bits per heavy atom. The van der Waals surface area contributed by atoms with Crippen LogP contribution in [0.25, 0.3) is 5.53 Å².